The lowest BCUT2D eigenvalue weighted by atomic mass is 10.2. The summed E-state index contributed by atoms with van der Waals surface area (Å²) < 4.78 is 5.19. The maximum Gasteiger partial charge on any atom is 0.274 e. The zero-order valence-electron chi connectivity index (χ0n) is 13.1. The molecule has 3 aromatic heterocycles. The number of anilines is 1. The zero-order chi connectivity index (χ0) is 17.1. The highest BCUT2D eigenvalue weighted by Crippen LogP contribution is 2.20. The lowest BCUT2D eigenvalue weighted by Gasteiger charge is -2.09. The molecule has 0 aliphatic carbocycles. The van der Waals surface area contributed by atoms with Gasteiger partial charge in [-0.3, -0.25) is 4.79 Å². The minimum absolute atomic E-state index is 0.00201. The molecule has 3 N–H and O–H groups in total. The minimum atomic E-state index is -0.438. The summed E-state index contributed by atoms with van der Waals surface area (Å²) in [6, 6.07) is 1.82. The molecule has 0 saturated heterocycles. The van der Waals surface area contributed by atoms with Crippen molar-refractivity contribution < 1.29 is 9.21 Å². The summed E-state index contributed by atoms with van der Waals surface area (Å²) in [5, 5.41) is 10.5. The first-order valence-corrected chi connectivity index (χ1v) is 7.15. The molecule has 0 aliphatic rings. The second-order valence-corrected chi connectivity index (χ2v) is 5.07. The number of aryl methyl sites for hydroxylation is 2. The highest BCUT2D eigenvalue weighted by Gasteiger charge is 2.18. The third-order valence-corrected chi connectivity index (χ3v) is 3.39. The third-order valence-electron chi connectivity index (χ3n) is 3.39. The van der Waals surface area contributed by atoms with E-state index in [1.54, 1.807) is 13.1 Å². The van der Waals surface area contributed by atoms with Gasteiger partial charge in [-0.2, -0.15) is 10.2 Å². The van der Waals surface area contributed by atoms with E-state index in [2.05, 4.69) is 30.5 Å². The molecule has 0 unspecified atom stereocenters. The lowest BCUT2D eigenvalue weighted by molar-refractivity contribution is 0.0945. The predicted octanol–water partition coefficient (Wildman–Crippen LogP) is 1.05. The van der Waals surface area contributed by atoms with Crippen molar-refractivity contribution in [3.8, 4) is 11.6 Å². The summed E-state index contributed by atoms with van der Waals surface area (Å²) in [6.07, 6.45) is 4.52. The van der Waals surface area contributed by atoms with Crippen LogP contribution in [0.15, 0.2) is 29.1 Å². The smallest absolute Gasteiger partial charge is 0.274 e. The van der Waals surface area contributed by atoms with Crippen LogP contribution >= 0.6 is 0 Å². The number of hydrogen-bond acceptors (Lipinski definition) is 8. The van der Waals surface area contributed by atoms with E-state index in [-0.39, 0.29) is 18.1 Å². The predicted molar refractivity (Wildman–Crippen MR) is 84.6 cm³/mol. The van der Waals surface area contributed by atoms with Crippen molar-refractivity contribution in [2.75, 3.05) is 5.73 Å². The molecule has 9 nitrogen and oxygen atoms in total. The van der Waals surface area contributed by atoms with Crippen molar-refractivity contribution in [1.29, 1.82) is 0 Å². The molecule has 3 rings (SSSR count). The van der Waals surface area contributed by atoms with Gasteiger partial charge in [0.2, 0.25) is 5.89 Å². The molecule has 0 atom stereocenters. The fraction of sp³-hybridized carbons (Fsp3) is 0.200. The Morgan fingerprint density at radius 1 is 1.29 bits per heavy atom. The van der Waals surface area contributed by atoms with Crippen LogP contribution in [0.4, 0.5) is 5.82 Å². The Balaban J connectivity index is 1.80. The van der Waals surface area contributed by atoms with Crippen LogP contribution < -0.4 is 11.1 Å². The van der Waals surface area contributed by atoms with Crippen molar-refractivity contribution in [3.05, 3.63) is 47.4 Å². The molecular weight excluding hydrogens is 310 g/mol. The fourth-order valence-corrected chi connectivity index (χ4v) is 2.09. The maximum absolute atomic E-state index is 12.3. The van der Waals surface area contributed by atoms with Gasteiger partial charge in [-0.05, 0) is 25.5 Å². The number of carbonyl (C=O) groups excluding carboxylic acids is 1. The van der Waals surface area contributed by atoms with E-state index < -0.39 is 5.91 Å². The molecule has 3 heterocycles. The van der Waals surface area contributed by atoms with E-state index in [0.29, 0.717) is 23.0 Å². The molecule has 0 aliphatic heterocycles. The van der Waals surface area contributed by atoms with Crippen LogP contribution in [0.2, 0.25) is 0 Å². The Hall–Kier alpha value is -3.36. The van der Waals surface area contributed by atoms with Crippen LogP contribution in [0.5, 0.6) is 0 Å². The number of carbonyl (C=O) groups is 1. The summed E-state index contributed by atoms with van der Waals surface area (Å²) >= 11 is 0. The summed E-state index contributed by atoms with van der Waals surface area (Å²) in [4.78, 5) is 24.7. The second kappa shape index (κ2) is 6.41. The number of nitrogens with zero attached hydrogens (tertiary/aromatic N) is 5. The molecule has 0 aromatic carbocycles. The number of amides is 1. The Labute approximate surface area is 137 Å². The highest BCUT2D eigenvalue weighted by molar-refractivity contribution is 5.96. The van der Waals surface area contributed by atoms with Gasteiger partial charge in [-0.15, -0.1) is 0 Å². The van der Waals surface area contributed by atoms with Gasteiger partial charge >= 0.3 is 0 Å². The van der Waals surface area contributed by atoms with Crippen LogP contribution in [0.25, 0.3) is 11.6 Å². The summed E-state index contributed by atoms with van der Waals surface area (Å²) in [6.45, 7) is 3.81. The number of nitrogens with one attached hydrogen (secondary N) is 1. The van der Waals surface area contributed by atoms with Gasteiger partial charge < -0.3 is 15.5 Å². The minimum Gasteiger partial charge on any atom is -0.443 e. The van der Waals surface area contributed by atoms with Gasteiger partial charge in [0.25, 0.3) is 5.91 Å². The fourth-order valence-electron chi connectivity index (χ4n) is 2.09. The average Bonchev–Trinajstić information content (AvgIpc) is 3.10. The molecule has 0 spiro atoms. The number of aromatic nitrogens is 5. The number of nitrogens with two attached hydrogens (primary N) is 1. The Morgan fingerprint density at radius 2 is 2.12 bits per heavy atom. The van der Waals surface area contributed by atoms with Crippen molar-refractivity contribution in [2.24, 2.45) is 0 Å². The van der Waals surface area contributed by atoms with Crippen LogP contribution in [-0.2, 0) is 6.54 Å². The normalized spacial score (nSPS) is 10.6. The van der Waals surface area contributed by atoms with Gasteiger partial charge in [0.1, 0.15) is 12.0 Å². The molecule has 3 aromatic rings. The SMILES string of the molecule is Cc1ccnnc1CNC(=O)c1nc(C)c(-c2ncco2)nc1N. The summed E-state index contributed by atoms with van der Waals surface area (Å²) in [5.74, 6) is -0.136. The van der Waals surface area contributed by atoms with E-state index in [1.165, 1.54) is 12.5 Å². The van der Waals surface area contributed by atoms with Crippen LogP contribution in [0.1, 0.15) is 27.4 Å². The first-order valence-electron chi connectivity index (χ1n) is 7.15. The number of oxazole rings is 1. The number of hydrogen-bond donors (Lipinski definition) is 2. The first kappa shape index (κ1) is 15.5. The van der Waals surface area contributed by atoms with Gasteiger partial charge in [0.15, 0.2) is 11.5 Å². The molecule has 122 valence electrons. The third kappa shape index (κ3) is 3.05. The zero-order valence-corrected chi connectivity index (χ0v) is 13.1. The van der Waals surface area contributed by atoms with Crippen molar-refractivity contribution in [3.63, 3.8) is 0 Å². The van der Waals surface area contributed by atoms with Crippen molar-refractivity contribution in [2.45, 2.75) is 20.4 Å². The van der Waals surface area contributed by atoms with Crippen LogP contribution in [0.3, 0.4) is 0 Å². The molecule has 0 radical (unpaired) electrons. The summed E-state index contributed by atoms with van der Waals surface area (Å²) in [7, 11) is 0. The molecule has 0 saturated carbocycles. The van der Waals surface area contributed by atoms with Gasteiger partial charge in [0, 0.05) is 6.20 Å². The van der Waals surface area contributed by atoms with Crippen LogP contribution in [-0.4, -0.2) is 31.1 Å². The first-order chi connectivity index (χ1) is 11.6. The van der Waals surface area contributed by atoms with E-state index in [0.717, 1.165) is 5.56 Å². The molecule has 24 heavy (non-hydrogen) atoms. The quantitative estimate of drug-likeness (QED) is 0.727. The number of rotatable bonds is 4. The van der Waals surface area contributed by atoms with Gasteiger partial charge in [-0.25, -0.2) is 15.0 Å². The molecular formula is C15H15N7O2. The molecule has 0 bridgehead atoms. The Kier molecular flexibility index (Phi) is 4.15. The standard InChI is InChI=1S/C15H15N7O2/c1-8-3-4-19-22-10(8)7-18-14(23)12-13(16)21-11(9(2)20-12)15-17-5-6-24-15/h3-6H,7H2,1-2H3,(H2,16,21)(H,18,23). The van der Waals surface area contributed by atoms with Crippen molar-refractivity contribution in [1.82, 2.24) is 30.5 Å². The number of nitrogen functional groups attached to an aromatic ring is 1. The Morgan fingerprint density at radius 3 is 2.83 bits per heavy atom. The Bertz CT molecular complexity index is 878. The maximum atomic E-state index is 12.3. The monoisotopic (exact) mass is 325 g/mol. The van der Waals surface area contributed by atoms with E-state index in [4.69, 9.17) is 10.2 Å². The van der Waals surface area contributed by atoms with E-state index >= 15 is 0 Å². The molecule has 9 heteroatoms. The van der Waals surface area contributed by atoms with Gasteiger partial charge in [0.05, 0.1) is 24.1 Å². The van der Waals surface area contributed by atoms with Crippen LogP contribution in [0, 0.1) is 13.8 Å². The molecule has 1 amide bonds. The molecule has 0 fully saturated rings. The highest BCUT2D eigenvalue weighted by atomic mass is 16.3. The second-order valence-electron chi connectivity index (χ2n) is 5.07. The average molecular weight is 325 g/mol. The summed E-state index contributed by atoms with van der Waals surface area (Å²) in [5.41, 5.74) is 8.41. The lowest BCUT2D eigenvalue weighted by Crippen LogP contribution is -2.26. The largest absolute Gasteiger partial charge is 0.443 e. The topological polar surface area (TPSA) is 133 Å². The van der Waals surface area contributed by atoms with E-state index in [9.17, 15) is 4.79 Å². The van der Waals surface area contributed by atoms with Crippen molar-refractivity contribution >= 4 is 11.7 Å². The van der Waals surface area contributed by atoms with E-state index in [1.807, 2.05) is 13.0 Å². The van der Waals surface area contributed by atoms with Gasteiger partial charge in [-0.1, -0.05) is 0 Å².